The van der Waals surface area contributed by atoms with E-state index in [-0.39, 0.29) is 12.6 Å². The Kier molecular flexibility index (Phi) is 11.6. The van der Waals surface area contributed by atoms with Crippen LogP contribution in [0.1, 0.15) is 0 Å². The Labute approximate surface area is 91.4 Å². The van der Waals surface area contributed by atoms with Gasteiger partial charge in [0, 0.05) is 0 Å². The fraction of sp³-hybridized carbons (Fsp3) is 0.750. The second kappa shape index (κ2) is 10.6. The molecule has 0 aromatic carbocycles. The molecule has 0 rings (SSSR count). The van der Waals surface area contributed by atoms with E-state index < -0.39 is 37.6 Å². The third-order valence-corrected chi connectivity index (χ3v) is 1.44. The molecule has 0 fully saturated rings. The molecule has 0 heterocycles. The maximum Gasteiger partial charge on any atom is 0.151 e. The summed E-state index contributed by atoms with van der Waals surface area (Å²) < 4.78 is 0. The van der Waals surface area contributed by atoms with Gasteiger partial charge < -0.3 is 40.2 Å². The number of hydrogen-bond acceptors (Lipinski definition) is 8. The van der Waals surface area contributed by atoms with E-state index in [1.807, 2.05) is 0 Å². The number of aldehydes is 2. The van der Waals surface area contributed by atoms with Crippen molar-refractivity contribution >= 4 is 12.6 Å². The molecule has 0 radical (unpaired) electrons. The van der Waals surface area contributed by atoms with E-state index >= 15 is 0 Å². The zero-order chi connectivity index (χ0) is 13.1. The third kappa shape index (κ3) is 8.41. The molecule has 0 aliphatic rings. The first-order valence-corrected chi connectivity index (χ1v) is 4.29. The van der Waals surface area contributed by atoms with Crippen molar-refractivity contribution in [3.8, 4) is 0 Å². The zero-order valence-corrected chi connectivity index (χ0v) is 8.38. The van der Waals surface area contributed by atoms with Gasteiger partial charge in [0.15, 0.2) is 12.6 Å². The van der Waals surface area contributed by atoms with Gasteiger partial charge >= 0.3 is 0 Å². The lowest BCUT2D eigenvalue weighted by Gasteiger charge is -2.06. The standard InChI is InChI=1S/2C4H8O4/c2*5-1-3(7)4(8)2-6/h2*1,3-4,6-8H,2H2/t2*3-,4+/m10/s1. The van der Waals surface area contributed by atoms with Crippen LogP contribution in [0.25, 0.3) is 0 Å². The van der Waals surface area contributed by atoms with Gasteiger partial charge in [-0.3, -0.25) is 0 Å². The molecule has 0 amide bonds. The smallest absolute Gasteiger partial charge is 0.151 e. The first-order valence-electron chi connectivity index (χ1n) is 4.29. The minimum absolute atomic E-state index is 0.168. The quantitative estimate of drug-likeness (QED) is 0.255. The summed E-state index contributed by atoms with van der Waals surface area (Å²) in [7, 11) is 0. The SMILES string of the molecule is O=C[C@@H](O)[C@@H](O)CO.O=C[C@H](O)[C@H](O)CO. The van der Waals surface area contributed by atoms with E-state index in [1.54, 1.807) is 0 Å². The highest BCUT2D eigenvalue weighted by Crippen LogP contribution is 1.86. The first-order chi connectivity index (χ1) is 7.44. The Morgan fingerprint density at radius 1 is 0.750 bits per heavy atom. The number of carbonyl (C=O) groups is 2. The van der Waals surface area contributed by atoms with Gasteiger partial charge in [-0.05, 0) is 0 Å². The number of aliphatic hydroxyl groups excluding tert-OH is 6. The molecule has 8 nitrogen and oxygen atoms in total. The minimum atomic E-state index is -1.46. The van der Waals surface area contributed by atoms with Crippen LogP contribution in [0.2, 0.25) is 0 Å². The van der Waals surface area contributed by atoms with Gasteiger partial charge in [0.05, 0.1) is 13.2 Å². The monoisotopic (exact) mass is 240 g/mol. The fourth-order valence-corrected chi connectivity index (χ4v) is 0.397. The van der Waals surface area contributed by atoms with E-state index in [0.717, 1.165) is 0 Å². The van der Waals surface area contributed by atoms with Gasteiger partial charge in [-0.2, -0.15) is 0 Å². The largest absolute Gasteiger partial charge is 0.394 e. The van der Waals surface area contributed by atoms with Crippen LogP contribution in [-0.4, -0.2) is 80.8 Å². The number of rotatable bonds is 6. The van der Waals surface area contributed by atoms with Gasteiger partial charge in [-0.15, -0.1) is 0 Å². The summed E-state index contributed by atoms with van der Waals surface area (Å²) in [5, 5.41) is 49.6. The Morgan fingerprint density at radius 3 is 1.06 bits per heavy atom. The summed E-state index contributed by atoms with van der Waals surface area (Å²) in [6, 6.07) is 0. The van der Waals surface area contributed by atoms with E-state index in [2.05, 4.69) is 0 Å². The zero-order valence-electron chi connectivity index (χ0n) is 8.38. The molecule has 0 aliphatic carbocycles. The summed E-state index contributed by atoms with van der Waals surface area (Å²) in [6.45, 7) is -1.19. The van der Waals surface area contributed by atoms with E-state index in [0.29, 0.717) is 0 Å². The van der Waals surface area contributed by atoms with Crippen molar-refractivity contribution in [3.05, 3.63) is 0 Å². The van der Waals surface area contributed by atoms with Gasteiger partial charge in [-0.1, -0.05) is 0 Å². The molecule has 0 aromatic rings. The van der Waals surface area contributed by atoms with Gasteiger partial charge in [0.2, 0.25) is 0 Å². The molecule has 0 bridgehead atoms. The molecular formula is C8H16O8. The topological polar surface area (TPSA) is 156 Å². The van der Waals surface area contributed by atoms with Crippen molar-refractivity contribution in [3.63, 3.8) is 0 Å². The van der Waals surface area contributed by atoms with Crippen molar-refractivity contribution < 1.29 is 40.2 Å². The third-order valence-electron chi connectivity index (χ3n) is 1.44. The number of aliphatic hydroxyl groups is 6. The number of carbonyl (C=O) groups excluding carboxylic acids is 2. The second-order valence-electron chi connectivity index (χ2n) is 2.75. The molecule has 0 saturated heterocycles. The molecule has 0 unspecified atom stereocenters. The minimum Gasteiger partial charge on any atom is -0.394 e. The molecule has 6 N–H and O–H groups in total. The van der Waals surface area contributed by atoms with Crippen LogP contribution >= 0.6 is 0 Å². The first kappa shape index (κ1) is 17.5. The summed E-state index contributed by atoms with van der Waals surface area (Å²) in [4.78, 5) is 19.2. The maximum atomic E-state index is 9.58. The lowest BCUT2D eigenvalue weighted by molar-refractivity contribution is -0.122. The van der Waals surface area contributed by atoms with Crippen molar-refractivity contribution in [2.24, 2.45) is 0 Å². The predicted octanol–water partition coefficient (Wildman–Crippen LogP) is -4.20. The van der Waals surface area contributed by atoms with Crippen LogP contribution in [0.15, 0.2) is 0 Å². The summed E-state index contributed by atoms with van der Waals surface area (Å²) >= 11 is 0. The lowest BCUT2D eigenvalue weighted by Crippen LogP contribution is -2.30. The fourth-order valence-electron chi connectivity index (χ4n) is 0.397. The van der Waals surface area contributed by atoms with Crippen LogP contribution < -0.4 is 0 Å². The van der Waals surface area contributed by atoms with Crippen molar-refractivity contribution in [2.45, 2.75) is 24.4 Å². The van der Waals surface area contributed by atoms with Crippen LogP contribution in [0, 0.1) is 0 Å². The van der Waals surface area contributed by atoms with Crippen LogP contribution in [0.4, 0.5) is 0 Å². The highest BCUT2D eigenvalue weighted by atomic mass is 16.4. The molecule has 8 heteroatoms. The van der Waals surface area contributed by atoms with Crippen molar-refractivity contribution in [2.75, 3.05) is 13.2 Å². The predicted molar refractivity (Wildman–Crippen MR) is 50.3 cm³/mol. The molecule has 0 aromatic heterocycles. The Hall–Kier alpha value is -0.900. The maximum absolute atomic E-state index is 9.58. The molecule has 4 atom stereocenters. The Morgan fingerprint density at radius 2 is 1.00 bits per heavy atom. The molecule has 0 aliphatic heterocycles. The van der Waals surface area contributed by atoms with E-state index in [9.17, 15) is 9.59 Å². The highest BCUT2D eigenvalue weighted by molar-refractivity contribution is 5.56. The summed E-state index contributed by atoms with van der Waals surface area (Å²) in [5.74, 6) is 0. The molecule has 0 spiro atoms. The second-order valence-corrected chi connectivity index (χ2v) is 2.75. The molecule has 96 valence electrons. The van der Waals surface area contributed by atoms with E-state index in [1.165, 1.54) is 0 Å². The average Bonchev–Trinajstić information content (AvgIpc) is 2.35. The van der Waals surface area contributed by atoms with Crippen LogP contribution in [0.3, 0.4) is 0 Å². The van der Waals surface area contributed by atoms with Gasteiger partial charge in [-0.25, -0.2) is 0 Å². The summed E-state index contributed by atoms with van der Waals surface area (Å²) in [5.41, 5.74) is 0. The Bertz CT molecular complexity index is 165. The molecular weight excluding hydrogens is 224 g/mol. The number of hydrogen-bond donors (Lipinski definition) is 6. The Balaban J connectivity index is 0. The molecule has 16 heavy (non-hydrogen) atoms. The van der Waals surface area contributed by atoms with Crippen LogP contribution in [0.5, 0.6) is 0 Å². The highest BCUT2D eigenvalue weighted by Gasteiger charge is 2.12. The average molecular weight is 240 g/mol. The normalized spacial score (nSPS) is 17.4. The van der Waals surface area contributed by atoms with Crippen LogP contribution in [-0.2, 0) is 9.59 Å². The van der Waals surface area contributed by atoms with Gasteiger partial charge in [0.1, 0.15) is 24.4 Å². The molecule has 0 saturated carbocycles. The van der Waals surface area contributed by atoms with Crippen molar-refractivity contribution in [1.82, 2.24) is 0 Å². The van der Waals surface area contributed by atoms with Crippen molar-refractivity contribution in [1.29, 1.82) is 0 Å². The lowest BCUT2D eigenvalue weighted by atomic mass is 10.2. The van der Waals surface area contributed by atoms with Gasteiger partial charge in [0.25, 0.3) is 0 Å². The van der Waals surface area contributed by atoms with E-state index in [4.69, 9.17) is 30.6 Å². The summed E-state index contributed by atoms with van der Waals surface area (Å²) in [6.07, 6.45) is -5.26.